The standard InChI is InChI=1S/C27H30N2O6/c1-3-15-35-22-6-4-5-20(18-22)24-23(25(30)19-7-9-21(33-2)10-8-19)26(31)27(32)29(24)12-11-28-13-16-34-17-14-28/h3-10,18,24,30H,1,11-17H2,2H3. The molecule has 8 nitrogen and oxygen atoms in total. The molecule has 2 heterocycles. The van der Waals surface area contributed by atoms with Crippen LogP contribution in [0.1, 0.15) is 17.2 Å². The number of likely N-dealkylation sites (tertiary alicyclic amines) is 1. The van der Waals surface area contributed by atoms with Crippen molar-refractivity contribution in [2.24, 2.45) is 0 Å². The second kappa shape index (κ2) is 11.2. The lowest BCUT2D eigenvalue weighted by molar-refractivity contribution is -0.907. The van der Waals surface area contributed by atoms with E-state index in [0.717, 1.165) is 13.1 Å². The van der Waals surface area contributed by atoms with Gasteiger partial charge in [-0.25, -0.2) is 0 Å². The Kier molecular flexibility index (Phi) is 7.84. The highest BCUT2D eigenvalue weighted by Gasteiger charge is 2.44. The van der Waals surface area contributed by atoms with E-state index in [1.165, 1.54) is 16.9 Å². The number of quaternary nitrogens is 1. The topological polar surface area (TPSA) is 92.6 Å². The van der Waals surface area contributed by atoms with E-state index in [4.69, 9.17) is 14.2 Å². The number of Topliss-reactive ketones (excluding diaryl/α,β-unsaturated/α-hetero) is 1. The van der Waals surface area contributed by atoms with Crippen molar-refractivity contribution in [3.63, 3.8) is 0 Å². The Labute approximate surface area is 205 Å². The lowest BCUT2D eigenvalue weighted by atomic mass is 9.95. The first kappa shape index (κ1) is 24.5. The number of hydrogen-bond acceptors (Lipinski definition) is 6. The molecule has 4 rings (SSSR count). The molecule has 1 unspecified atom stereocenters. The number of morpholine rings is 1. The van der Waals surface area contributed by atoms with Gasteiger partial charge in [0.2, 0.25) is 5.78 Å². The van der Waals surface area contributed by atoms with Crippen molar-refractivity contribution in [3.05, 3.63) is 77.9 Å². The minimum atomic E-state index is -0.794. The molecule has 0 spiro atoms. The van der Waals surface area contributed by atoms with Crippen LogP contribution in [-0.2, 0) is 14.3 Å². The van der Waals surface area contributed by atoms with Gasteiger partial charge in [0.15, 0.2) is 0 Å². The normalized spacial score (nSPS) is 20.1. The number of benzene rings is 2. The van der Waals surface area contributed by atoms with Gasteiger partial charge >= 0.3 is 0 Å². The van der Waals surface area contributed by atoms with Crippen molar-refractivity contribution >= 4 is 17.4 Å². The Morgan fingerprint density at radius 1 is 1.17 bits per heavy atom. The zero-order valence-corrected chi connectivity index (χ0v) is 19.8. The molecule has 0 aromatic heterocycles. The second-order valence-corrected chi connectivity index (χ2v) is 8.49. The molecule has 2 aliphatic heterocycles. The zero-order chi connectivity index (χ0) is 24.8. The van der Waals surface area contributed by atoms with Crippen LogP contribution in [0.5, 0.6) is 11.5 Å². The largest absolute Gasteiger partial charge is 0.872 e. The first-order valence-electron chi connectivity index (χ1n) is 11.7. The second-order valence-electron chi connectivity index (χ2n) is 8.49. The molecule has 1 N–H and O–H groups in total. The maximum Gasteiger partial charge on any atom is 0.295 e. The molecule has 2 fully saturated rings. The third-order valence-electron chi connectivity index (χ3n) is 6.33. The summed E-state index contributed by atoms with van der Waals surface area (Å²) in [4.78, 5) is 29.2. The van der Waals surface area contributed by atoms with Gasteiger partial charge in [-0.15, -0.1) is 0 Å². The molecule has 0 radical (unpaired) electrons. The highest BCUT2D eigenvalue weighted by atomic mass is 16.5. The summed E-state index contributed by atoms with van der Waals surface area (Å²) in [7, 11) is 1.54. The van der Waals surface area contributed by atoms with Gasteiger partial charge < -0.3 is 29.1 Å². The Bertz CT molecular complexity index is 1100. The van der Waals surface area contributed by atoms with Gasteiger partial charge in [0, 0.05) is 5.57 Å². The van der Waals surface area contributed by atoms with Crippen LogP contribution < -0.4 is 19.5 Å². The Morgan fingerprint density at radius 2 is 1.91 bits per heavy atom. The fourth-order valence-electron chi connectivity index (χ4n) is 4.46. The third-order valence-corrected chi connectivity index (χ3v) is 6.33. The van der Waals surface area contributed by atoms with Crippen molar-refractivity contribution in [3.8, 4) is 11.5 Å². The molecular formula is C27H30N2O6. The molecule has 1 atom stereocenters. The molecule has 2 saturated heterocycles. The number of ketones is 1. The number of nitrogens with one attached hydrogen (secondary N) is 1. The summed E-state index contributed by atoms with van der Waals surface area (Å²) in [6.45, 7) is 8.01. The number of rotatable bonds is 9. The molecule has 184 valence electrons. The average Bonchev–Trinajstić information content (AvgIpc) is 3.16. The number of ether oxygens (including phenoxy) is 3. The first-order valence-corrected chi connectivity index (χ1v) is 11.7. The Hall–Kier alpha value is -3.62. The van der Waals surface area contributed by atoms with Crippen LogP contribution in [0.2, 0.25) is 0 Å². The minimum absolute atomic E-state index is 0.0435. The monoisotopic (exact) mass is 478 g/mol. The minimum Gasteiger partial charge on any atom is -0.872 e. The number of hydrogen-bond donors (Lipinski definition) is 1. The summed E-state index contributed by atoms with van der Waals surface area (Å²) >= 11 is 0. The van der Waals surface area contributed by atoms with Crippen LogP contribution in [0.3, 0.4) is 0 Å². The highest BCUT2D eigenvalue weighted by Crippen LogP contribution is 2.39. The molecule has 0 aliphatic carbocycles. The van der Waals surface area contributed by atoms with E-state index in [1.54, 1.807) is 48.5 Å². The predicted octanol–water partition coefficient (Wildman–Crippen LogP) is 0.399. The Balaban J connectivity index is 1.73. The van der Waals surface area contributed by atoms with Crippen LogP contribution in [0.25, 0.3) is 5.76 Å². The summed E-state index contributed by atoms with van der Waals surface area (Å²) in [5.74, 6) is -0.708. The Morgan fingerprint density at radius 3 is 2.60 bits per heavy atom. The van der Waals surface area contributed by atoms with Gasteiger partial charge in [-0.2, -0.15) is 0 Å². The van der Waals surface area contributed by atoms with Crippen LogP contribution in [0, 0.1) is 0 Å². The average molecular weight is 479 g/mol. The number of carbonyl (C=O) groups excluding carboxylic acids is 2. The molecule has 2 aromatic rings. The number of carbonyl (C=O) groups is 2. The first-order chi connectivity index (χ1) is 17.0. The lowest BCUT2D eigenvalue weighted by Gasteiger charge is -2.30. The van der Waals surface area contributed by atoms with Crippen LogP contribution in [-0.4, -0.2) is 69.7 Å². The predicted molar refractivity (Wildman–Crippen MR) is 128 cm³/mol. The summed E-state index contributed by atoms with van der Waals surface area (Å²) in [6, 6.07) is 12.9. The lowest BCUT2D eigenvalue weighted by Crippen LogP contribution is -3.14. The van der Waals surface area contributed by atoms with E-state index in [9.17, 15) is 14.7 Å². The quantitative estimate of drug-likeness (QED) is 0.243. The highest BCUT2D eigenvalue weighted by molar-refractivity contribution is 6.46. The molecule has 2 aliphatic rings. The smallest absolute Gasteiger partial charge is 0.295 e. The van der Waals surface area contributed by atoms with E-state index in [1.807, 2.05) is 6.07 Å². The van der Waals surface area contributed by atoms with E-state index in [0.29, 0.717) is 55.5 Å². The van der Waals surface area contributed by atoms with Crippen molar-refractivity contribution in [2.75, 3.05) is 53.1 Å². The molecule has 2 aromatic carbocycles. The van der Waals surface area contributed by atoms with E-state index in [-0.39, 0.29) is 5.57 Å². The molecule has 8 heteroatoms. The number of amides is 1. The van der Waals surface area contributed by atoms with Crippen molar-refractivity contribution < 1.29 is 33.8 Å². The maximum absolute atomic E-state index is 13.6. The summed E-state index contributed by atoms with van der Waals surface area (Å²) < 4.78 is 16.3. The van der Waals surface area contributed by atoms with Gasteiger partial charge in [-0.1, -0.05) is 42.7 Å². The fourth-order valence-corrected chi connectivity index (χ4v) is 4.46. The van der Waals surface area contributed by atoms with Gasteiger partial charge in [0.05, 0.1) is 39.5 Å². The van der Waals surface area contributed by atoms with E-state index < -0.39 is 23.5 Å². The summed E-state index contributed by atoms with van der Waals surface area (Å²) in [6.07, 6.45) is 1.64. The van der Waals surface area contributed by atoms with Crippen LogP contribution >= 0.6 is 0 Å². The molecule has 0 saturated carbocycles. The number of methoxy groups -OCH3 is 1. The van der Waals surface area contributed by atoms with Gasteiger partial charge in [-0.05, 0) is 35.4 Å². The van der Waals surface area contributed by atoms with Crippen molar-refractivity contribution in [2.45, 2.75) is 6.04 Å². The van der Waals surface area contributed by atoms with Gasteiger partial charge in [0.25, 0.3) is 5.91 Å². The van der Waals surface area contributed by atoms with Crippen molar-refractivity contribution in [1.82, 2.24) is 4.90 Å². The van der Waals surface area contributed by atoms with Crippen LogP contribution in [0.4, 0.5) is 0 Å². The van der Waals surface area contributed by atoms with E-state index >= 15 is 0 Å². The number of nitrogens with zero attached hydrogens (tertiary/aromatic N) is 1. The van der Waals surface area contributed by atoms with E-state index in [2.05, 4.69) is 6.58 Å². The zero-order valence-electron chi connectivity index (χ0n) is 19.8. The van der Waals surface area contributed by atoms with Gasteiger partial charge in [0.1, 0.15) is 31.2 Å². The molecule has 1 amide bonds. The molecule has 0 bridgehead atoms. The molecule has 35 heavy (non-hydrogen) atoms. The summed E-state index contributed by atoms with van der Waals surface area (Å²) in [5.41, 5.74) is 0.935. The third kappa shape index (κ3) is 5.39. The van der Waals surface area contributed by atoms with Crippen molar-refractivity contribution in [1.29, 1.82) is 0 Å². The van der Waals surface area contributed by atoms with Crippen LogP contribution in [0.15, 0.2) is 66.8 Å². The summed E-state index contributed by atoms with van der Waals surface area (Å²) in [5, 5.41) is 13.6. The fraction of sp³-hybridized carbons (Fsp3) is 0.333. The molecular weight excluding hydrogens is 448 g/mol. The maximum atomic E-state index is 13.6. The van der Waals surface area contributed by atoms with Gasteiger partial charge in [-0.3, -0.25) is 9.59 Å². The SMILES string of the molecule is C=CCOc1cccc(C2C(=C([O-])c3ccc(OC)cc3)C(=O)C(=O)N2CC[NH+]2CCOCC2)c1.